The molecule has 0 bridgehead atoms. The van der Waals surface area contributed by atoms with Gasteiger partial charge in [-0.3, -0.25) is 14.4 Å². The Hall–Kier alpha value is -2.46. The lowest BCUT2D eigenvalue weighted by Crippen LogP contribution is -2.23. The number of hydrogen-bond donors (Lipinski definition) is 0. The molecule has 0 fully saturated rings. The fraction of sp³-hybridized carbons (Fsp3) is 0.250. The Bertz CT molecular complexity index is 704. The number of halogens is 1. The monoisotopic (exact) mass is 358 g/mol. The van der Waals surface area contributed by atoms with Crippen molar-refractivity contribution in [1.82, 2.24) is 0 Å². The molecule has 2 aromatic carbocycles. The van der Waals surface area contributed by atoms with Gasteiger partial charge in [-0.05, 0) is 31.2 Å². The van der Waals surface area contributed by atoms with Crippen molar-refractivity contribution in [3.63, 3.8) is 0 Å². The predicted octanol–water partition coefficient (Wildman–Crippen LogP) is 4.28. The van der Waals surface area contributed by atoms with Crippen LogP contribution in [-0.2, 0) is 9.53 Å². The number of ether oxygens (including phenoxy) is 1. The summed E-state index contributed by atoms with van der Waals surface area (Å²) in [7, 11) is 1.25. The van der Waals surface area contributed by atoms with Crippen LogP contribution < -0.4 is 0 Å². The topological polar surface area (TPSA) is 60.4 Å². The Morgan fingerprint density at radius 2 is 1.32 bits per heavy atom. The van der Waals surface area contributed by atoms with E-state index in [4.69, 9.17) is 16.3 Å². The first-order valence-electron chi connectivity index (χ1n) is 7.87. The van der Waals surface area contributed by atoms with Gasteiger partial charge in [-0.2, -0.15) is 0 Å². The highest BCUT2D eigenvalue weighted by molar-refractivity contribution is 6.30. The first-order chi connectivity index (χ1) is 11.9. The summed E-state index contributed by atoms with van der Waals surface area (Å²) in [6.45, 7) is 1.93. The molecule has 0 N–H and O–H groups in total. The molecule has 2 rings (SSSR count). The van der Waals surface area contributed by atoms with E-state index in [0.29, 0.717) is 16.1 Å². The van der Waals surface area contributed by atoms with Crippen LogP contribution in [0.1, 0.15) is 39.1 Å². The van der Waals surface area contributed by atoms with E-state index >= 15 is 0 Å². The molecule has 5 heteroatoms. The van der Waals surface area contributed by atoms with Gasteiger partial charge in [0.05, 0.1) is 13.0 Å². The SMILES string of the molecule is COC(=O)C(CC(=O)c1ccc(C)cc1)CC(=O)c1ccc(Cl)cc1. The van der Waals surface area contributed by atoms with Crippen LogP contribution in [0.5, 0.6) is 0 Å². The number of aryl methyl sites for hydroxylation is 1. The minimum atomic E-state index is -0.818. The van der Waals surface area contributed by atoms with Crippen molar-refractivity contribution in [2.75, 3.05) is 7.11 Å². The standard InChI is InChI=1S/C20H19ClO4/c1-13-3-5-14(6-4-13)18(22)11-16(20(24)25-2)12-19(23)15-7-9-17(21)10-8-15/h3-10,16H,11-12H2,1-2H3. The van der Waals surface area contributed by atoms with E-state index in [2.05, 4.69) is 0 Å². The first-order valence-corrected chi connectivity index (χ1v) is 8.25. The summed E-state index contributed by atoms with van der Waals surface area (Å²) in [4.78, 5) is 36.8. The third-order valence-electron chi connectivity index (χ3n) is 3.94. The molecular weight excluding hydrogens is 340 g/mol. The van der Waals surface area contributed by atoms with E-state index in [1.807, 2.05) is 19.1 Å². The highest BCUT2D eigenvalue weighted by Crippen LogP contribution is 2.19. The van der Waals surface area contributed by atoms with Crippen LogP contribution in [0.15, 0.2) is 48.5 Å². The quantitative estimate of drug-likeness (QED) is 0.547. The number of benzene rings is 2. The van der Waals surface area contributed by atoms with E-state index in [1.165, 1.54) is 7.11 Å². The molecule has 0 saturated heterocycles. The molecule has 0 saturated carbocycles. The third-order valence-corrected chi connectivity index (χ3v) is 4.19. The summed E-state index contributed by atoms with van der Waals surface area (Å²) in [5.41, 5.74) is 2.00. The second-order valence-corrected chi connectivity index (χ2v) is 6.28. The van der Waals surface area contributed by atoms with E-state index in [1.54, 1.807) is 36.4 Å². The number of Topliss-reactive ketones (excluding diaryl/α,β-unsaturated/α-hetero) is 2. The fourth-order valence-corrected chi connectivity index (χ4v) is 2.59. The van der Waals surface area contributed by atoms with Gasteiger partial charge in [0.1, 0.15) is 0 Å². The lowest BCUT2D eigenvalue weighted by molar-refractivity contribution is -0.145. The maximum absolute atomic E-state index is 12.4. The minimum Gasteiger partial charge on any atom is -0.469 e. The van der Waals surface area contributed by atoms with Gasteiger partial charge in [-0.25, -0.2) is 0 Å². The van der Waals surface area contributed by atoms with Crippen molar-refractivity contribution in [3.05, 3.63) is 70.2 Å². The molecule has 130 valence electrons. The number of rotatable bonds is 7. The van der Waals surface area contributed by atoms with Crippen molar-refractivity contribution in [2.24, 2.45) is 5.92 Å². The number of carbonyl (C=O) groups is 3. The molecule has 0 aliphatic carbocycles. The molecule has 0 aliphatic rings. The second kappa shape index (κ2) is 8.58. The zero-order valence-corrected chi connectivity index (χ0v) is 14.9. The summed E-state index contributed by atoms with van der Waals surface area (Å²) < 4.78 is 4.76. The van der Waals surface area contributed by atoms with Crippen LogP contribution in [0, 0.1) is 12.8 Å². The molecule has 4 nitrogen and oxygen atoms in total. The van der Waals surface area contributed by atoms with Crippen LogP contribution in [0.25, 0.3) is 0 Å². The van der Waals surface area contributed by atoms with Gasteiger partial charge in [-0.15, -0.1) is 0 Å². The van der Waals surface area contributed by atoms with Crippen molar-refractivity contribution < 1.29 is 19.1 Å². The van der Waals surface area contributed by atoms with Gasteiger partial charge in [0.15, 0.2) is 11.6 Å². The predicted molar refractivity (Wildman–Crippen MR) is 96.0 cm³/mol. The average molecular weight is 359 g/mol. The van der Waals surface area contributed by atoms with Crippen molar-refractivity contribution in [3.8, 4) is 0 Å². The summed E-state index contributed by atoms with van der Waals surface area (Å²) in [6, 6.07) is 13.5. The maximum atomic E-state index is 12.4. The van der Waals surface area contributed by atoms with Crippen molar-refractivity contribution in [2.45, 2.75) is 19.8 Å². The summed E-state index contributed by atoms with van der Waals surface area (Å²) in [5, 5.41) is 0.524. The van der Waals surface area contributed by atoms with Gasteiger partial charge >= 0.3 is 5.97 Å². The number of hydrogen-bond acceptors (Lipinski definition) is 4. The van der Waals surface area contributed by atoms with Crippen LogP contribution in [0.4, 0.5) is 0 Å². The van der Waals surface area contributed by atoms with E-state index < -0.39 is 11.9 Å². The fourth-order valence-electron chi connectivity index (χ4n) is 2.46. The smallest absolute Gasteiger partial charge is 0.309 e. The van der Waals surface area contributed by atoms with E-state index in [9.17, 15) is 14.4 Å². The molecule has 1 unspecified atom stereocenters. The summed E-state index contributed by atoms with van der Waals surface area (Å²) in [5.74, 6) is -1.81. The molecule has 2 aromatic rings. The minimum absolute atomic E-state index is 0.0743. The van der Waals surface area contributed by atoms with Crippen LogP contribution >= 0.6 is 11.6 Å². The van der Waals surface area contributed by atoms with Gasteiger partial charge in [0.2, 0.25) is 0 Å². The summed E-state index contributed by atoms with van der Waals surface area (Å²) >= 11 is 5.81. The van der Waals surface area contributed by atoms with E-state index in [0.717, 1.165) is 5.56 Å². The lowest BCUT2D eigenvalue weighted by Gasteiger charge is -2.13. The highest BCUT2D eigenvalue weighted by atomic mass is 35.5. The Labute approximate surface area is 151 Å². The van der Waals surface area contributed by atoms with Crippen molar-refractivity contribution in [1.29, 1.82) is 0 Å². The Morgan fingerprint density at radius 1 is 0.880 bits per heavy atom. The van der Waals surface area contributed by atoms with Gasteiger partial charge in [-0.1, -0.05) is 41.4 Å². The molecule has 0 heterocycles. The van der Waals surface area contributed by atoms with Gasteiger partial charge < -0.3 is 4.74 Å². The first kappa shape index (κ1) is 18.9. The summed E-state index contributed by atoms with van der Waals surface area (Å²) in [6.07, 6.45) is -0.166. The second-order valence-electron chi connectivity index (χ2n) is 5.85. The zero-order chi connectivity index (χ0) is 18.4. The Balaban J connectivity index is 2.11. The van der Waals surface area contributed by atoms with Crippen molar-refractivity contribution >= 4 is 29.1 Å². The number of ketones is 2. The maximum Gasteiger partial charge on any atom is 0.309 e. The molecule has 0 amide bonds. The van der Waals surface area contributed by atoms with Crippen LogP contribution in [0.3, 0.4) is 0 Å². The van der Waals surface area contributed by atoms with Crippen LogP contribution in [-0.4, -0.2) is 24.6 Å². The molecule has 0 radical (unpaired) electrons. The molecule has 0 aromatic heterocycles. The van der Waals surface area contributed by atoms with Gasteiger partial charge in [0, 0.05) is 29.0 Å². The molecule has 0 aliphatic heterocycles. The number of carbonyl (C=O) groups excluding carboxylic acids is 3. The van der Waals surface area contributed by atoms with Gasteiger partial charge in [0.25, 0.3) is 0 Å². The molecular formula is C20H19ClO4. The van der Waals surface area contributed by atoms with E-state index in [-0.39, 0.29) is 24.4 Å². The normalized spacial score (nSPS) is 11.6. The largest absolute Gasteiger partial charge is 0.469 e. The number of esters is 1. The lowest BCUT2D eigenvalue weighted by atomic mass is 9.91. The average Bonchev–Trinajstić information content (AvgIpc) is 2.61. The zero-order valence-electron chi connectivity index (χ0n) is 14.1. The Kier molecular flexibility index (Phi) is 6.48. The molecule has 0 spiro atoms. The molecule has 25 heavy (non-hydrogen) atoms. The number of methoxy groups -OCH3 is 1. The van der Waals surface area contributed by atoms with Crippen LogP contribution in [0.2, 0.25) is 5.02 Å². The Morgan fingerprint density at radius 3 is 1.76 bits per heavy atom. The third kappa shape index (κ3) is 5.26. The molecule has 1 atom stereocenters. The highest BCUT2D eigenvalue weighted by Gasteiger charge is 2.26.